The zero-order chi connectivity index (χ0) is 12.2. The van der Waals surface area contributed by atoms with Crippen LogP contribution < -0.4 is 0 Å². The zero-order valence-corrected chi connectivity index (χ0v) is 10.4. The van der Waals surface area contributed by atoms with Crippen molar-refractivity contribution in [2.75, 3.05) is 19.8 Å². The highest BCUT2D eigenvalue weighted by atomic mass is 16.6. The molecule has 4 heteroatoms. The summed E-state index contributed by atoms with van der Waals surface area (Å²) in [5.41, 5.74) is -0.462. The predicted molar refractivity (Wildman–Crippen MR) is 62.4 cm³/mol. The molecular formula is C12H21NO3. The summed E-state index contributed by atoms with van der Waals surface area (Å²) in [6.45, 7) is 11.2. The predicted octanol–water partition coefficient (Wildman–Crippen LogP) is 2.20. The maximum atomic E-state index is 11.9. The summed E-state index contributed by atoms with van der Waals surface area (Å²) in [7, 11) is 0. The van der Waals surface area contributed by atoms with E-state index in [1.165, 1.54) is 0 Å². The molecule has 4 nitrogen and oxygen atoms in total. The van der Waals surface area contributed by atoms with Gasteiger partial charge in [-0.1, -0.05) is 6.08 Å². The molecule has 1 saturated heterocycles. The summed E-state index contributed by atoms with van der Waals surface area (Å²) in [5, 5.41) is 0. The van der Waals surface area contributed by atoms with E-state index in [1.54, 1.807) is 11.0 Å². The molecule has 1 aliphatic rings. The van der Waals surface area contributed by atoms with Crippen molar-refractivity contribution in [2.45, 2.75) is 38.8 Å². The van der Waals surface area contributed by atoms with Gasteiger partial charge in [-0.2, -0.15) is 0 Å². The number of hydrogen-bond donors (Lipinski definition) is 0. The summed E-state index contributed by atoms with van der Waals surface area (Å²) in [5.74, 6) is 0. The van der Waals surface area contributed by atoms with Crippen molar-refractivity contribution in [3.05, 3.63) is 12.7 Å². The molecule has 0 aromatic heterocycles. The van der Waals surface area contributed by atoms with Crippen LogP contribution in [-0.4, -0.2) is 42.4 Å². The SMILES string of the molecule is C=C[C@H]1COCCCN1C(=O)OC(C)(C)C. The van der Waals surface area contributed by atoms with E-state index < -0.39 is 5.60 Å². The number of carbonyl (C=O) groups excluding carboxylic acids is 1. The summed E-state index contributed by atoms with van der Waals surface area (Å²) in [6, 6.07) is -0.0858. The molecule has 0 aromatic carbocycles. The van der Waals surface area contributed by atoms with E-state index in [-0.39, 0.29) is 12.1 Å². The number of nitrogens with zero attached hydrogens (tertiary/aromatic N) is 1. The first-order chi connectivity index (χ1) is 7.44. The summed E-state index contributed by atoms with van der Waals surface area (Å²) in [6.07, 6.45) is 2.28. The molecule has 0 bridgehead atoms. The van der Waals surface area contributed by atoms with Crippen LogP contribution >= 0.6 is 0 Å². The molecule has 0 saturated carbocycles. The van der Waals surface area contributed by atoms with Crippen LogP contribution in [0.2, 0.25) is 0 Å². The molecular weight excluding hydrogens is 206 g/mol. The third-order valence-electron chi connectivity index (χ3n) is 2.28. The fourth-order valence-electron chi connectivity index (χ4n) is 1.54. The Labute approximate surface area is 97.2 Å². The Balaban J connectivity index is 2.66. The topological polar surface area (TPSA) is 38.8 Å². The normalized spacial score (nSPS) is 22.4. The van der Waals surface area contributed by atoms with Crippen molar-refractivity contribution in [1.82, 2.24) is 4.90 Å². The zero-order valence-electron chi connectivity index (χ0n) is 10.4. The van der Waals surface area contributed by atoms with Gasteiger partial charge in [-0.25, -0.2) is 4.79 Å². The molecule has 0 aliphatic carbocycles. The van der Waals surface area contributed by atoms with E-state index in [0.717, 1.165) is 6.42 Å². The first-order valence-electron chi connectivity index (χ1n) is 5.64. The number of hydrogen-bond acceptors (Lipinski definition) is 3. The Morgan fingerprint density at radius 1 is 1.56 bits per heavy atom. The van der Waals surface area contributed by atoms with Gasteiger partial charge in [-0.15, -0.1) is 6.58 Å². The fourth-order valence-corrected chi connectivity index (χ4v) is 1.54. The minimum Gasteiger partial charge on any atom is -0.444 e. The quantitative estimate of drug-likeness (QED) is 0.645. The van der Waals surface area contributed by atoms with Crippen LogP contribution in [0.25, 0.3) is 0 Å². The Bertz CT molecular complexity index is 257. The monoisotopic (exact) mass is 227 g/mol. The number of carbonyl (C=O) groups is 1. The molecule has 0 N–H and O–H groups in total. The Morgan fingerprint density at radius 3 is 2.81 bits per heavy atom. The molecule has 1 amide bonds. The largest absolute Gasteiger partial charge is 0.444 e. The summed E-state index contributed by atoms with van der Waals surface area (Å²) in [4.78, 5) is 13.6. The number of ether oxygens (including phenoxy) is 2. The van der Waals surface area contributed by atoms with Crippen LogP contribution in [0.15, 0.2) is 12.7 Å². The van der Waals surface area contributed by atoms with E-state index in [1.807, 2.05) is 20.8 Å². The van der Waals surface area contributed by atoms with Gasteiger partial charge >= 0.3 is 6.09 Å². The Kier molecular flexibility index (Phi) is 4.35. The smallest absolute Gasteiger partial charge is 0.410 e. The van der Waals surface area contributed by atoms with E-state index >= 15 is 0 Å². The molecule has 1 rings (SSSR count). The third-order valence-corrected chi connectivity index (χ3v) is 2.28. The van der Waals surface area contributed by atoms with Gasteiger partial charge in [0, 0.05) is 13.2 Å². The molecule has 1 atom stereocenters. The van der Waals surface area contributed by atoms with Crippen LogP contribution in [-0.2, 0) is 9.47 Å². The second kappa shape index (κ2) is 5.34. The fraction of sp³-hybridized carbons (Fsp3) is 0.750. The highest BCUT2D eigenvalue weighted by Gasteiger charge is 2.27. The Hall–Kier alpha value is -1.03. The minimum absolute atomic E-state index is 0.0858. The standard InChI is InChI=1S/C12H21NO3/c1-5-10-9-15-8-6-7-13(10)11(14)16-12(2,3)4/h5,10H,1,6-9H2,2-4H3/t10-/m0/s1. The molecule has 92 valence electrons. The number of amides is 1. The van der Waals surface area contributed by atoms with Crippen molar-refractivity contribution in [2.24, 2.45) is 0 Å². The average Bonchev–Trinajstić information content (AvgIpc) is 2.39. The molecule has 1 aliphatic heterocycles. The third kappa shape index (κ3) is 3.85. The van der Waals surface area contributed by atoms with E-state index in [0.29, 0.717) is 19.8 Å². The van der Waals surface area contributed by atoms with Gasteiger partial charge < -0.3 is 9.47 Å². The molecule has 0 aromatic rings. The van der Waals surface area contributed by atoms with Crippen molar-refractivity contribution >= 4 is 6.09 Å². The second-order valence-corrected chi connectivity index (χ2v) is 4.91. The minimum atomic E-state index is -0.462. The van der Waals surface area contributed by atoms with Crippen LogP contribution in [0.4, 0.5) is 4.79 Å². The maximum Gasteiger partial charge on any atom is 0.410 e. The lowest BCUT2D eigenvalue weighted by Gasteiger charge is -2.30. The first kappa shape index (κ1) is 13.0. The average molecular weight is 227 g/mol. The van der Waals surface area contributed by atoms with Gasteiger partial charge in [0.15, 0.2) is 0 Å². The first-order valence-corrected chi connectivity index (χ1v) is 5.64. The van der Waals surface area contributed by atoms with Crippen molar-refractivity contribution in [1.29, 1.82) is 0 Å². The molecule has 0 spiro atoms. The van der Waals surface area contributed by atoms with Gasteiger partial charge in [0.05, 0.1) is 12.6 Å². The highest BCUT2D eigenvalue weighted by molar-refractivity contribution is 5.69. The lowest BCUT2D eigenvalue weighted by atomic mass is 10.2. The van der Waals surface area contributed by atoms with Crippen LogP contribution in [0.3, 0.4) is 0 Å². The molecule has 16 heavy (non-hydrogen) atoms. The molecule has 0 unspecified atom stereocenters. The Morgan fingerprint density at radius 2 is 2.25 bits per heavy atom. The van der Waals surface area contributed by atoms with Crippen LogP contribution in [0, 0.1) is 0 Å². The number of rotatable bonds is 1. The maximum absolute atomic E-state index is 11.9. The molecule has 0 radical (unpaired) electrons. The molecule has 1 fully saturated rings. The van der Waals surface area contributed by atoms with Gasteiger partial charge in [0.2, 0.25) is 0 Å². The molecule has 1 heterocycles. The van der Waals surface area contributed by atoms with Gasteiger partial charge in [0.1, 0.15) is 5.60 Å². The van der Waals surface area contributed by atoms with Crippen molar-refractivity contribution < 1.29 is 14.3 Å². The van der Waals surface area contributed by atoms with E-state index in [4.69, 9.17) is 9.47 Å². The summed E-state index contributed by atoms with van der Waals surface area (Å²) >= 11 is 0. The van der Waals surface area contributed by atoms with Crippen molar-refractivity contribution in [3.8, 4) is 0 Å². The lowest BCUT2D eigenvalue weighted by Crippen LogP contribution is -2.43. The lowest BCUT2D eigenvalue weighted by molar-refractivity contribution is 0.0177. The van der Waals surface area contributed by atoms with E-state index in [2.05, 4.69) is 6.58 Å². The van der Waals surface area contributed by atoms with E-state index in [9.17, 15) is 4.79 Å². The summed E-state index contributed by atoms with van der Waals surface area (Å²) < 4.78 is 10.7. The van der Waals surface area contributed by atoms with Gasteiger partial charge in [-0.3, -0.25) is 4.90 Å². The van der Waals surface area contributed by atoms with Crippen LogP contribution in [0.1, 0.15) is 27.2 Å². The van der Waals surface area contributed by atoms with Gasteiger partial charge in [-0.05, 0) is 27.2 Å². The van der Waals surface area contributed by atoms with Crippen LogP contribution in [0.5, 0.6) is 0 Å². The van der Waals surface area contributed by atoms with Gasteiger partial charge in [0.25, 0.3) is 0 Å². The highest BCUT2D eigenvalue weighted by Crippen LogP contribution is 2.15. The second-order valence-electron chi connectivity index (χ2n) is 4.91. The van der Waals surface area contributed by atoms with Crippen molar-refractivity contribution in [3.63, 3.8) is 0 Å².